The monoisotopic (exact) mass is 526 g/mol. The molecule has 12 heteroatoms. The summed E-state index contributed by atoms with van der Waals surface area (Å²) in [5.74, 6) is 0.314. The number of hydrogen-bond acceptors (Lipinski definition) is 8. The van der Waals surface area contributed by atoms with Crippen molar-refractivity contribution < 1.29 is 22.4 Å². The number of thiophene rings is 1. The molecular weight excluding hydrogens is 508 g/mol. The minimum Gasteiger partial charge on any atom is -0.497 e. The average Bonchev–Trinajstić information content (AvgIpc) is 3.42. The SMILES string of the molecule is COc1ccc(S(=O)(=O)N2CCC(C(=O)Nc3nnc(-c4ccc(Br)s4)o3)CC2)cc1. The normalized spacial score (nSPS) is 15.7. The summed E-state index contributed by atoms with van der Waals surface area (Å²) in [7, 11) is -2.09. The number of sulfonamides is 1. The van der Waals surface area contributed by atoms with Crippen LogP contribution in [0.15, 0.2) is 49.5 Å². The molecule has 0 radical (unpaired) electrons. The first-order chi connectivity index (χ1) is 14.9. The van der Waals surface area contributed by atoms with Gasteiger partial charge >= 0.3 is 6.01 Å². The summed E-state index contributed by atoms with van der Waals surface area (Å²) >= 11 is 4.82. The third-order valence-electron chi connectivity index (χ3n) is 4.96. The number of piperidine rings is 1. The van der Waals surface area contributed by atoms with Crippen molar-refractivity contribution in [3.05, 3.63) is 40.2 Å². The second-order valence-electron chi connectivity index (χ2n) is 6.86. The molecule has 31 heavy (non-hydrogen) atoms. The molecular formula is C19H19BrN4O5S2. The minimum absolute atomic E-state index is 0.0257. The van der Waals surface area contributed by atoms with Gasteiger partial charge in [-0.05, 0) is 65.2 Å². The minimum atomic E-state index is -3.62. The van der Waals surface area contributed by atoms with E-state index in [-0.39, 0.29) is 35.8 Å². The van der Waals surface area contributed by atoms with Gasteiger partial charge in [-0.15, -0.1) is 16.4 Å². The Hall–Kier alpha value is -2.28. The Morgan fingerprint density at radius 1 is 1.19 bits per heavy atom. The van der Waals surface area contributed by atoms with Gasteiger partial charge in [0.1, 0.15) is 5.75 Å². The summed E-state index contributed by atoms with van der Waals surface area (Å²) in [6, 6.07) is 10.0. The van der Waals surface area contributed by atoms with Crippen LogP contribution in [0.4, 0.5) is 6.01 Å². The van der Waals surface area contributed by atoms with Crippen molar-refractivity contribution in [2.45, 2.75) is 17.7 Å². The molecule has 4 rings (SSSR count). The highest BCUT2D eigenvalue weighted by Gasteiger charge is 2.32. The predicted octanol–water partition coefficient (Wildman–Crippen LogP) is 3.61. The van der Waals surface area contributed by atoms with Gasteiger partial charge in [0.2, 0.25) is 15.9 Å². The highest BCUT2D eigenvalue weighted by atomic mass is 79.9. The number of nitrogens with zero attached hydrogens (tertiary/aromatic N) is 3. The Bertz CT molecular complexity index is 1170. The molecule has 3 heterocycles. The number of amides is 1. The molecule has 1 amide bonds. The van der Waals surface area contributed by atoms with E-state index in [1.54, 1.807) is 12.1 Å². The first kappa shape index (κ1) is 21.9. The van der Waals surface area contributed by atoms with Gasteiger partial charge < -0.3 is 9.15 Å². The van der Waals surface area contributed by atoms with E-state index < -0.39 is 10.0 Å². The molecule has 1 aromatic carbocycles. The number of carbonyl (C=O) groups is 1. The Morgan fingerprint density at radius 3 is 2.52 bits per heavy atom. The highest BCUT2D eigenvalue weighted by Crippen LogP contribution is 2.31. The number of carbonyl (C=O) groups excluding carboxylic acids is 1. The molecule has 0 aliphatic carbocycles. The number of benzene rings is 1. The number of rotatable bonds is 6. The molecule has 1 N–H and O–H groups in total. The first-order valence-corrected chi connectivity index (χ1v) is 12.5. The van der Waals surface area contributed by atoms with E-state index in [0.29, 0.717) is 24.5 Å². The number of hydrogen-bond donors (Lipinski definition) is 1. The van der Waals surface area contributed by atoms with Crippen LogP contribution >= 0.6 is 27.3 Å². The van der Waals surface area contributed by atoms with Gasteiger partial charge in [-0.25, -0.2) is 8.42 Å². The molecule has 9 nitrogen and oxygen atoms in total. The second kappa shape index (κ2) is 9.07. The molecule has 0 saturated carbocycles. The molecule has 1 aliphatic heterocycles. The summed E-state index contributed by atoms with van der Waals surface area (Å²) in [4.78, 5) is 13.6. The highest BCUT2D eigenvalue weighted by molar-refractivity contribution is 9.11. The lowest BCUT2D eigenvalue weighted by Crippen LogP contribution is -2.41. The summed E-state index contributed by atoms with van der Waals surface area (Å²) in [6.45, 7) is 0.509. The van der Waals surface area contributed by atoms with Crippen molar-refractivity contribution in [1.29, 1.82) is 0 Å². The Labute approximate surface area is 191 Å². The summed E-state index contributed by atoms with van der Waals surface area (Å²) in [6.07, 6.45) is 0.806. The topological polar surface area (TPSA) is 115 Å². The van der Waals surface area contributed by atoms with Crippen molar-refractivity contribution in [2.24, 2.45) is 5.92 Å². The predicted molar refractivity (Wildman–Crippen MR) is 118 cm³/mol. The fraction of sp³-hybridized carbons (Fsp3) is 0.316. The molecule has 0 bridgehead atoms. The van der Waals surface area contributed by atoms with E-state index in [9.17, 15) is 13.2 Å². The smallest absolute Gasteiger partial charge is 0.322 e. The average molecular weight is 527 g/mol. The molecule has 0 spiro atoms. The summed E-state index contributed by atoms with van der Waals surface area (Å²) < 4.78 is 38.6. The summed E-state index contributed by atoms with van der Waals surface area (Å²) in [5, 5.41) is 10.5. The number of halogens is 1. The largest absolute Gasteiger partial charge is 0.497 e. The third kappa shape index (κ3) is 4.81. The van der Waals surface area contributed by atoms with Crippen molar-refractivity contribution in [2.75, 3.05) is 25.5 Å². The van der Waals surface area contributed by atoms with Crippen molar-refractivity contribution in [3.63, 3.8) is 0 Å². The van der Waals surface area contributed by atoms with E-state index in [0.717, 1.165) is 8.66 Å². The summed E-state index contributed by atoms with van der Waals surface area (Å²) in [5.41, 5.74) is 0. The zero-order valence-electron chi connectivity index (χ0n) is 16.4. The molecule has 3 aromatic rings. The van der Waals surface area contributed by atoms with Crippen LogP contribution in [0.5, 0.6) is 5.75 Å². The maximum Gasteiger partial charge on any atom is 0.322 e. The number of ether oxygens (including phenoxy) is 1. The van der Waals surface area contributed by atoms with Gasteiger partial charge in [-0.1, -0.05) is 5.10 Å². The zero-order valence-corrected chi connectivity index (χ0v) is 19.7. The number of aromatic nitrogens is 2. The van der Waals surface area contributed by atoms with Gasteiger partial charge in [0.15, 0.2) is 0 Å². The molecule has 2 aromatic heterocycles. The van der Waals surface area contributed by atoms with Gasteiger partial charge in [-0.3, -0.25) is 10.1 Å². The lowest BCUT2D eigenvalue weighted by Gasteiger charge is -2.30. The molecule has 0 atom stereocenters. The maximum atomic E-state index is 12.8. The van der Waals surface area contributed by atoms with E-state index in [4.69, 9.17) is 9.15 Å². The van der Waals surface area contributed by atoms with E-state index >= 15 is 0 Å². The van der Waals surface area contributed by atoms with Crippen LogP contribution in [0, 0.1) is 5.92 Å². The second-order valence-corrected chi connectivity index (χ2v) is 11.3. The first-order valence-electron chi connectivity index (χ1n) is 9.41. The Kier molecular flexibility index (Phi) is 6.42. The van der Waals surface area contributed by atoms with Gasteiger partial charge in [0.25, 0.3) is 5.89 Å². The fourth-order valence-corrected chi connectivity index (χ4v) is 6.04. The Balaban J connectivity index is 1.35. The van der Waals surface area contributed by atoms with E-state index in [2.05, 4.69) is 31.4 Å². The molecule has 1 aliphatic rings. The van der Waals surface area contributed by atoms with Gasteiger partial charge in [0, 0.05) is 19.0 Å². The van der Waals surface area contributed by atoms with Crippen LogP contribution in [0.2, 0.25) is 0 Å². The number of anilines is 1. The van der Waals surface area contributed by atoms with Crippen molar-refractivity contribution in [3.8, 4) is 16.5 Å². The van der Waals surface area contributed by atoms with Crippen LogP contribution < -0.4 is 10.1 Å². The lowest BCUT2D eigenvalue weighted by molar-refractivity contribution is -0.121. The standard InChI is InChI=1S/C19H19BrN4O5S2/c1-28-13-2-4-14(5-3-13)31(26,27)24-10-8-12(9-11-24)17(25)21-19-23-22-18(29-19)15-6-7-16(20)30-15/h2-7,12H,8-11H2,1H3,(H,21,23,25). The van der Waals surface area contributed by atoms with Crippen LogP contribution in [-0.4, -0.2) is 49.0 Å². The zero-order chi connectivity index (χ0) is 22.0. The third-order valence-corrected chi connectivity index (χ3v) is 8.49. The van der Waals surface area contributed by atoms with Crippen LogP contribution in [0.3, 0.4) is 0 Å². The van der Waals surface area contributed by atoms with Crippen LogP contribution in [0.25, 0.3) is 10.8 Å². The van der Waals surface area contributed by atoms with Gasteiger partial charge in [0.05, 0.1) is 20.7 Å². The van der Waals surface area contributed by atoms with Gasteiger partial charge in [-0.2, -0.15) is 4.31 Å². The lowest BCUT2D eigenvalue weighted by atomic mass is 9.97. The van der Waals surface area contributed by atoms with Crippen LogP contribution in [-0.2, 0) is 14.8 Å². The van der Waals surface area contributed by atoms with Crippen LogP contribution in [0.1, 0.15) is 12.8 Å². The number of methoxy groups -OCH3 is 1. The van der Waals surface area contributed by atoms with E-state index in [1.807, 2.05) is 12.1 Å². The Morgan fingerprint density at radius 2 is 1.90 bits per heavy atom. The molecule has 1 fully saturated rings. The molecule has 164 valence electrons. The van der Waals surface area contributed by atoms with Crippen molar-refractivity contribution >= 4 is 49.2 Å². The van der Waals surface area contributed by atoms with E-state index in [1.165, 1.54) is 34.9 Å². The molecule has 0 unspecified atom stereocenters. The molecule has 1 saturated heterocycles. The quantitative estimate of drug-likeness (QED) is 0.521. The van der Waals surface area contributed by atoms with Crippen molar-refractivity contribution in [1.82, 2.24) is 14.5 Å². The number of nitrogens with one attached hydrogen (secondary N) is 1. The fourth-order valence-electron chi connectivity index (χ4n) is 3.27. The maximum absolute atomic E-state index is 12.8.